The van der Waals surface area contributed by atoms with Crippen LogP contribution in [-0.2, 0) is 13.0 Å². The Kier molecular flexibility index (Phi) is 4.61. The van der Waals surface area contributed by atoms with Crippen molar-refractivity contribution in [3.63, 3.8) is 0 Å². The maximum atomic E-state index is 10.6. The molecule has 0 saturated carbocycles. The predicted molar refractivity (Wildman–Crippen MR) is 81.8 cm³/mol. The van der Waals surface area contributed by atoms with Crippen LogP contribution in [0.15, 0.2) is 24.5 Å². The molecule has 1 aromatic heterocycles. The van der Waals surface area contributed by atoms with Crippen LogP contribution in [0.2, 0.25) is 0 Å². The van der Waals surface area contributed by atoms with E-state index < -0.39 is 6.10 Å². The summed E-state index contributed by atoms with van der Waals surface area (Å²) in [5.74, 6) is 1.05. The highest BCUT2D eigenvalue weighted by atomic mass is 16.3. The lowest BCUT2D eigenvalue weighted by Crippen LogP contribution is -2.13. The van der Waals surface area contributed by atoms with Gasteiger partial charge >= 0.3 is 0 Å². The molecule has 108 valence electrons. The minimum atomic E-state index is -0.486. The molecule has 1 aromatic carbocycles. The largest absolute Gasteiger partial charge is 0.387 e. The van der Waals surface area contributed by atoms with Crippen molar-refractivity contribution in [3.05, 3.63) is 52.6 Å². The Morgan fingerprint density at radius 2 is 1.85 bits per heavy atom. The first-order valence-corrected chi connectivity index (χ1v) is 7.28. The zero-order chi connectivity index (χ0) is 14.7. The number of aromatic nitrogens is 2. The SMILES string of the molecule is CCCc1nccn1CC(O)c1c(C)cc(C)cc1C. The van der Waals surface area contributed by atoms with Crippen LogP contribution in [0.4, 0.5) is 0 Å². The molecule has 0 bridgehead atoms. The van der Waals surface area contributed by atoms with E-state index in [0.717, 1.165) is 35.4 Å². The lowest BCUT2D eigenvalue weighted by atomic mass is 9.95. The molecule has 0 fully saturated rings. The van der Waals surface area contributed by atoms with Crippen LogP contribution in [0.3, 0.4) is 0 Å². The van der Waals surface area contributed by atoms with Crippen LogP contribution in [0, 0.1) is 20.8 Å². The average Bonchev–Trinajstić information content (AvgIpc) is 2.75. The molecule has 2 aromatic rings. The van der Waals surface area contributed by atoms with Gasteiger partial charge in [0.15, 0.2) is 0 Å². The summed E-state index contributed by atoms with van der Waals surface area (Å²) in [6.07, 6.45) is 5.29. The van der Waals surface area contributed by atoms with Crippen molar-refractivity contribution in [1.29, 1.82) is 0 Å². The van der Waals surface area contributed by atoms with Gasteiger partial charge in [-0.25, -0.2) is 4.98 Å². The second-order valence-electron chi connectivity index (χ2n) is 5.57. The molecule has 1 unspecified atom stereocenters. The fraction of sp³-hybridized carbons (Fsp3) is 0.471. The van der Waals surface area contributed by atoms with Crippen LogP contribution in [0.25, 0.3) is 0 Å². The van der Waals surface area contributed by atoms with Crippen molar-refractivity contribution in [2.75, 3.05) is 0 Å². The Morgan fingerprint density at radius 3 is 2.45 bits per heavy atom. The van der Waals surface area contributed by atoms with E-state index in [4.69, 9.17) is 0 Å². The molecule has 0 radical (unpaired) electrons. The van der Waals surface area contributed by atoms with Crippen molar-refractivity contribution >= 4 is 0 Å². The van der Waals surface area contributed by atoms with Gasteiger partial charge in [0.2, 0.25) is 0 Å². The van der Waals surface area contributed by atoms with Crippen molar-refractivity contribution < 1.29 is 5.11 Å². The Bertz CT molecular complexity index is 563. The van der Waals surface area contributed by atoms with Crippen molar-refractivity contribution in [2.45, 2.75) is 53.2 Å². The van der Waals surface area contributed by atoms with E-state index in [1.165, 1.54) is 5.56 Å². The fourth-order valence-corrected chi connectivity index (χ4v) is 2.95. The first-order valence-electron chi connectivity index (χ1n) is 7.28. The lowest BCUT2D eigenvalue weighted by molar-refractivity contribution is 0.154. The summed E-state index contributed by atoms with van der Waals surface area (Å²) in [7, 11) is 0. The van der Waals surface area contributed by atoms with Crippen LogP contribution in [0.5, 0.6) is 0 Å². The summed E-state index contributed by atoms with van der Waals surface area (Å²) in [5.41, 5.74) is 4.61. The molecule has 0 aliphatic carbocycles. The molecule has 0 aliphatic heterocycles. The van der Waals surface area contributed by atoms with E-state index in [2.05, 4.69) is 49.4 Å². The quantitative estimate of drug-likeness (QED) is 0.904. The molecular weight excluding hydrogens is 248 g/mol. The third kappa shape index (κ3) is 3.10. The number of aryl methyl sites for hydroxylation is 4. The minimum absolute atomic E-state index is 0.486. The van der Waals surface area contributed by atoms with Gasteiger partial charge in [-0.1, -0.05) is 24.6 Å². The number of imidazole rings is 1. The summed E-state index contributed by atoms with van der Waals surface area (Å²) in [6.45, 7) is 8.94. The molecule has 0 aliphatic rings. The number of aliphatic hydroxyl groups excluding tert-OH is 1. The zero-order valence-electron chi connectivity index (χ0n) is 12.8. The average molecular weight is 272 g/mol. The second-order valence-corrected chi connectivity index (χ2v) is 5.57. The highest BCUT2D eigenvalue weighted by Crippen LogP contribution is 2.25. The van der Waals surface area contributed by atoms with Crippen LogP contribution in [-0.4, -0.2) is 14.7 Å². The second kappa shape index (κ2) is 6.23. The molecule has 3 nitrogen and oxygen atoms in total. The molecule has 1 N–H and O–H groups in total. The number of benzene rings is 1. The van der Waals surface area contributed by atoms with Crippen LogP contribution in [0.1, 0.15) is 47.5 Å². The Labute approximate surface area is 121 Å². The molecule has 20 heavy (non-hydrogen) atoms. The topological polar surface area (TPSA) is 38.0 Å². The zero-order valence-corrected chi connectivity index (χ0v) is 12.8. The fourth-order valence-electron chi connectivity index (χ4n) is 2.95. The summed E-state index contributed by atoms with van der Waals surface area (Å²) < 4.78 is 2.06. The Balaban J connectivity index is 2.24. The number of aliphatic hydroxyl groups is 1. The predicted octanol–water partition coefficient (Wildman–Crippen LogP) is 3.49. The van der Waals surface area contributed by atoms with E-state index in [1.807, 2.05) is 12.4 Å². The maximum absolute atomic E-state index is 10.6. The van der Waals surface area contributed by atoms with E-state index in [9.17, 15) is 5.11 Å². The smallest absolute Gasteiger partial charge is 0.108 e. The number of rotatable bonds is 5. The molecule has 2 rings (SSSR count). The normalized spacial score (nSPS) is 12.7. The van der Waals surface area contributed by atoms with Gasteiger partial charge in [-0.05, 0) is 43.9 Å². The van der Waals surface area contributed by atoms with Crippen molar-refractivity contribution in [2.24, 2.45) is 0 Å². The van der Waals surface area contributed by atoms with Gasteiger partial charge in [-0.3, -0.25) is 0 Å². The van der Waals surface area contributed by atoms with Gasteiger partial charge in [-0.15, -0.1) is 0 Å². The number of nitrogens with zero attached hydrogens (tertiary/aromatic N) is 2. The van der Waals surface area contributed by atoms with Gasteiger partial charge < -0.3 is 9.67 Å². The van der Waals surface area contributed by atoms with Gasteiger partial charge in [0.25, 0.3) is 0 Å². The van der Waals surface area contributed by atoms with E-state index in [0.29, 0.717) is 6.54 Å². The molecule has 0 saturated heterocycles. The summed E-state index contributed by atoms with van der Waals surface area (Å²) >= 11 is 0. The number of hydrogen-bond donors (Lipinski definition) is 1. The van der Waals surface area contributed by atoms with E-state index in [-0.39, 0.29) is 0 Å². The summed E-state index contributed by atoms with van der Waals surface area (Å²) in [4.78, 5) is 4.36. The van der Waals surface area contributed by atoms with Crippen LogP contribution < -0.4 is 0 Å². The third-order valence-electron chi connectivity index (χ3n) is 3.72. The van der Waals surface area contributed by atoms with Gasteiger partial charge in [0, 0.05) is 18.8 Å². The summed E-state index contributed by atoms with van der Waals surface area (Å²) in [5, 5.41) is 10.6. The molecular formula is C17H24N2O. The van der Waals surface area contributed by atoms with Crippen LogP contribution >= 0.6 is 0 Å². The first kappa shape index (κ1) is 14.8. The summed E-state index contributed by atoms with van der Waals surface area (Å²) in [6, 6.07) is 4.26. The molecule has 3 heteroatoms. The van der Waals surface area contributed by atoms with Gasteiger partial charge in [0.05, 0.1) is 12.6 Å². The van der Waals surface area contributed by atoms with Crippen molar-refractivity contribution in [3.8, 4) is 0 Å². The lowest BCUT2D eigenvalue weighted by Gasteiger charge is -2.19. The number of hydrogen-bond acceptors (Lipinski definition) is 2. The molecule has 0 spiro atoms. The third-order valence-corrected chi connectivity index (χ3v) is 3.72. The maximum Gasteiger partial charge on any atom is 0.108 e. The van der Waals surface area contributed by atoms with Gasteiger partial charge in [-0.2, -0.15) is 0 Å². The molecule has 1 heterocycles. The Hall–Kier alpha value is -1.61. The highest BCUT2D eigenvalue weighted by Gasteiger charge is 2.15. The Morgan fingerprint density at radius 1 is 1.20 bits per heavy atom. The van der Waals surface area contributed by atoms with Crippen molar-refractivity contribution in [1.82, 2.24) is 9.55 Å². The van der Waals surface area contributed by atoms with E-state index >= 15 is 0 Å². The van der Waals surface area contributed by atoms with E-state index in [1.54, 1.807) is 0 Å². The molecule has 1 atom stereocenters. The standard InChI is InChI=1S/C17H24N2O/c1-5-6-16-18-7-8-19(16)11-15(20)17-13(3)9-12(2)10-14(17)4/h7-10,15,20H,5-6,11H2,1-4H3. The molecule has 0 amide bonds. The first-order chi connectivity index (χ1) is 9.52. The minimum Gasteiger partial charge on any atom is -0.387 e. The highest BCUT2D eigenvalue weighted by molar-refractivity contribution is 5.38. The van der Waals surface area contributed by atoms with Gasteiger partial charge in [0.1, 0.15) is 5.82 Å². The monoisotopic (exact) mass is 272 g/mol.